The second-order valence-electron chi connectivity index (χ2n) is 13.1. The number of methoxy groups -OCH3 is 1. The molecule has 10 heteroatoms. The molecule has 3 heterocycles. The van der Waals surface area contributed by atoms with Gasteiger partial charge in [-0.1, -0.05) is 23.7 Å². The summed E-state index contributed by atoms with van der Waals surface area (Å²) in [5.74, 6) is 0.551. The normalized spacial score (nSPS) is 24.4. The van der Waals surface area contributed by atoms with Crippen molar-refractivity contribution in [3.05, 3.63) is 76.4 Å². The molecule has 2 fully saturated rings. The summed E-state index contributed by atoms with van der Waals surface area (Å²) in [6.07, 6.45) is 4.69. The highest BCUT2D eigenvalue weighted by atomic mass is 35.5. The molecule has 2 aromatic carbocycles. The van der Waals surface area contributed by atoms with Crippen LogP contribution in [0, 0.1) is 5.92 Å². The van der Waals surface area contributed by atoms with Gasteiger partial charge < -0.3 is 19.3 Å². The van der Waals surface area contributed by atoms with Gasteiger partial charge in [-0.05, 0) is 98.5 Å². The molecule has 9 nitrogen and oxygen atoms in total. The lowest BCUT2D eigenvalue weighted by atomic mass is 9.84. The topological polar surface area (TPSA) is 78.5 Å². The summed E-state index contributed by atoms with van der Waals surface area (Å²) in [5.41, 5.74) is 2.51. The number of hydrogen-bond donors (Lipinski definition) is 0. The van der Waals surface area contributed by atoms with E-state index in [2.05, 4.69) is 9.88 Å². The smallest absolute Gasteiger partial charge is 0.236 e. The Morgan fingerprint density at radius 2 is 1.81 bits per heavy atom. The number of amides is 2. The number of ether oxygens (including phenoxy) is 2. The van der Waals surface area contributed by atoms with Crippen LogP contribution in [0.1, 0.15) is 70.5 Å². The summed E-state index contributed by atoms with van der Waals surface area (Å²) in [4.78, 5) is 38.0. The first kappa shape index (κ1) is 26.2. The number of anilines is 2. The number of hydrogen-bond acceptors (Lipinski definition) is 7. The number of nitrogens with zero attached hydrogens (tertiary/aromatic N) is 5. The van der Waals surface area contributed by atoms with Crippen molar-refractivity contribution in [3.63, 3.8) is 0 Å². The zero-order valence-electron chi connectivity index (χ0n) is 33.1. The second kappa shape index (κ2) is 14.1. The Labute approximate surface area is 291 Å². The Kier molecular flexibility index (Phi) is 7.86. The van der Waals surface area contributed by atoms with Crippen molar-refractivity contribution in [2.75, 3.05) is 57.0 Å². The summed E-state index contributed by atoms with van der Waals surface area (Å²) in [5, 5.41) is 0.520. The average Bonchev–Trinajstić information content (AvgIpc) is 3.08. The summed E-state index contributed by atoms with van der Waals surface area (Å²) in [7, 11) is -0.899. The van der Waals surface area contributed by atoms with E-state index >= 15 is 0 Å². The maximum Gasteiger partial charge on any atom is 0.236 e. The Morgan fingerprint density at radius 1 is 1.02 bits per heavy atom. The van der Waals surface area contributed by atoms with Gasteiger partial charge in [0.1, 0.15) is 5.82 Å². The lowest BCUT2D eigenvalue weighted by molar-refractivity contribution is -0.135. The minimum Gasteiger partial charge on any atom is -0.493 e. The van der Waals surface area contributed by atoms with Gasteiger partial charge in [0.25, 0.3) is 0 Å². The number of rotatable bonds is 9. The van der Waals surface area contributed by atoms with E-state index in [1.54, 1.807) is 46.2 Å². The highest BCUT2D eigenvalue weighted by Gasteiger charge is 2.37. The highest BCUT2D eigenvalue weighted by molar-refractivity contribution is 6.30. The molecule has 2 aliphatic heterocycles. The van der Waals surface area contributed by atoms with Crippen LogP contribution in [0.15, 0.2) is 54.7 Å². The summed E-state index contributed by atoms with van der Waals surface area (Å²) < 4.78 is 59.6. The van der Waals surface area contributed by atoms with Gasteiger partial charge in [0, 0.05) is 48.8 Å². The molecule has 47 heavy (non-hydrogen) atoms. The molecule has 0 spiro atoms. The third-order valence-corrected chi connectivity index (χ3v) is 9.83. The average molecular weight is 666 g/mol. The maximum atomic E-state index is 14.0. The minimum absolute atomic E-state index is 0.0206. The van der Waals surface area contributed by atoms with Gasteiger partial charge >= 0.3 is 0 Å². The molecular formula is C37H46ClN5O4. The molecule has 1 aliphatic carbocycles. The first-order valence-corrected chi connectivity index (χ1v) is 16.7. The van der Waals surface area contributed by atoms with Crippen LogP contribution in [0.4, 0.5) is 11.5 Å². The number of fused-ring (bicyclic) bond motifs is 1. The van der Waals surface area contributed by atoms with Crippen molar-refractivity contribution in [2.24, 2.45) is 5.92 Å². The van der Waals surface area contributed by atoms with Gasteiger partial charge in [0.2, 0.25) is 11.8 Å². The van der Waals surface area contributed by atoms with Crippen molar-refractivity contribution in [1.82, 2.24) is 14.8 Å². The molecule has 3 aliphatic rings. The fraction of sp³-hybridized carbons (Fsp3) is 0.486. The minimum atomic E-state index is -2.73. The fourth-order valence-electron chi connectivity index (χ4n) is 7.06. The third-order valence-electron chi connectivity index (χ3n) is 9.57. The monoisotopic (exact) mass is 665 g/mol. The van der Waals surface area contributed by atoms with E-state index in [1.165, 1.54) is 11.1 Å². The number of benzene rings is 2. The molecule has 1 unspecified atom stereocenters. The number of halogens is 1. The molecule has 1 saturated carbocycles. The zero-order valence-corrected chi connectivity index (χ0v) is 27.9. The van der Waals surface area contributed by atoms with E-state index < -0.39 is 20.1 Å². The largest absolute Gasteiger partial charge is 0.493 e. The van der Waals surface area contributed by atoms with E-state index in [-0.39, 0.29) is 47.6 Å². The van der Waals surface area contributed by atoms with Gasteiger partial charge in [-0.2, -0.15) is 0 Å². The van der Waals surface area contributed by atoms with E-state index in [0.717, 1.165) is 44.3 Å². The van der Waals surface area contributed by atoms with E-state index in [4.69, 9.17) is 29.3 Å². The molecule has 2 amide bonds. The Morgan fingerprint density at radius 3 is 2.47 bits per heavy atom. The third kappa shape index (κ3) is 7.21. The molecule has 0 N–H and O–H groups in total. The number of aromatic nitrogens is 1. The van der Waals surface area contributed by atoms with E-state index in [9.17, 15) is 9.59 Å². The van der Waals surface area contributed by atoms with Gasteiger partial charge in [0.05, 0.1) is 48.1 Å². The van der Waals surface area contributed by atoms with Crippen LogP contribution in [0.25, 0.3) is 0 Å². The van der Waals surface area contributed by atoms with Crippen LogP contribution in [0.3, 0.4) is 0 Å². The summed E-state index contributed by atoms with van der Waals surface area (Å²) in [6.45, 7) is 3.52. The predicted octanol–water partition coefficient (Wildman–Crippen LogP) is 5.98. The van der Waals surface area contributed by atoms with Crippen molar-refractivity contribution in [2.45, 2.75) is 64.1 Å². The van der Waals surface area contributed by atoms with E-state index in [0.29, 0.717) is 41.0 Å². The molecule has 0 bridgehead atoms. The first-order chi connectivity index (χ1) is 25.0. The van der Waals surface area contributed by atoms with Gasteiger partial charge in [-0.3, -0.25) is 19.4 Å². The second-order valence-corrected chi connectivity index (χ2v) is 13.5. The van der Waals surface area contributed by atoms with Crippen LogP contribution in [0.5, 0.6) is 11.5 Å². The SMILES string of the molecule is [2H]C([2H])([2H])Oc1cc2c(cc1OC(C)C)C(c1ccc(Cl)cc1)N(c1ccc(N(CC3CCC(N4CCN(C)C(=O)C4)CC3)C([2H])([2H])[2H])nc1)C(=O)C2. The quantitative estimate of drug-likeness (QED) is 0.278. The standard InChI is InChI=1S/C37H46ClN5O4/c1-24(2)47-33-20-31-27(18-32(33)46-5)19-35(44)43(37(31)26-8-10-28(38)11-9-26)30-14-15-34(39-21-30)41(4)22-25-6-12-29(13-7-25)42-17-16-40(3)36(45)23-42/h8-11,14-15,18,20-21,24-25,29,37H,6-7,12-13,16-17,19,22-23H2,1-5H3/i4D3,5D3. The summed E-state index contributed by atoms with van der Waals surface area (Å²) >= 11 is 6.26. The van der Waals surface area contributed by atoms with Crippen molar-refractivity contribution in [3.8, 4) is 11.5 Å². The number of carbonyl (C=O) groups excluding carboxylic acids is 2. The Balaban J connectivity index is 1.27. The lowest BCUT2D eigenvalue weighted by Gasteiger charge is -2.41. The molecule has 1 saturated heterocycles. The summed E-state index contributed by atoms with van der Waals surface area (Å²) in [6, 6.07) is 13.4. The molecule has 3 aromatic rings. The first-order valence-electron chi connectivity index (χ1n) is 19.3. The van der Waals surface area contributed by atoms with Crippen LogP contribution >= 0.6 is 11.6 Å². The molecular weight excluding hydrogens is 614 g/mol. The van der Waals surface area contributed by atoms with E-state index in [1.807, 2.05) is 33.0 Å². The number of likely N-dealkylation sites (N-methyl/N-ethyl adjacent to an activating group) is 1. The van der Waals surface area contributed by atoms with Gasteiger partial charge in [0.15, 0.2) is 11.5 Å². The van der Waals surface area contributed by atoms with Crippen molar-refractivity contribution in [1.29, 1.82) is 0 Å². The van der Waals surface area contributed by atoms with Crippen molar-refractivity contribution >= 4 is 34.9 Å². The fourth-order valence-corrected chi connectivity index (χ4v) is 7.19. The molecule has 250 valence electrons. The molecule has 1 aromatic heterocycles. The predicted molar refractivity (Wildman–Crippen MR) is 186 cm³/mol. The van der Waals surface area contributed by atoms with Crippen LogP contribution < -0.4 is 19.3 Å². The molecule has 6 rings (SSSR count). The van der Waals surface area contributed by atoms with Crippen molar-refractivity contribution < 1.29 is 27.3 Å². The maximum absolute atomic E-state index is 14.0. The van der Waals surface area contributed by atoms with Crippen LogP contribution in [-0.2, 0) is 16.0 Å². The Bertz CT molecular complexity index is 1780. The lowest BCUT2D eigenvalue weighted by Crippen LogP contribution is -2.53. The van der Waals surface area contributed by atoms with Gasteiger partial charge in [-0.15, -0.1) is 0 Å². The molecule has 1 atom stereocenters. The molecule has 0 radical (unpaired) electrons. The number of carbonyl (C=O) groups is 2. The van der Waals surface area contributed by atoms with Gasteiger partial charge in [-0.25, -0.2) is 4.98 Å². The zero-order chi connectivity index (χ0) is 38.2. The van der Waals surface area contributed by atoms with Crippen LogP contribution in [-0.4, -0.2) is 86.0 Å². The number of piperazine rings is 1. The number of pyridine rings is 1. The highest BCUT2D eigenvalue weighted by Crippen LogP contribution is 2.44. The Hall–Kier alpha value is -3.82. The van der Waals surface area contributed by atoms with Crippen LogP contribution in [0.2, 0.25) is 5.02 Å².